The fraction of sp³-hybridized carbons (Fsp3) is 0.190. The highest BCUT2D eigenvalue weighted by Crippen LogP contribution is 2.21. The standard InChI is InChI=1S/C21H20N4O2/c26-19-14-25(16-10-2-1-3-11-16)24-20(19)21(27)23-22-18-13-7-5-9-15-8-4-6-12-17(15)18/h1-4,6,8,10-12,14,26H,5,7,9,13H2,(H,23,27)/b22-18-. The van der Waals surface area contributed by atoms with Crippen molar-refractivity contribution >= 4 is 11.6 Å². The molecule has 0 atom stereocenters. The van der Waals surface area contributed by atoms with Crippen LogP contribution in [0.1, 0.15) is 40.9 Å². The number of amides is 1. The molecule has 1 heterocycles. The number of nitrogens with zero attached hydrogens (tertiary/aromatic N) is 3. The molecule has 1 aromatic heterocycles. The quantitative estimate of drug-likeness (QED) is 0.555. The third-order valence-corrected chi connectivity index (χ3v) is 4.66. The normalized spacial score (nSPS) is 15.2. The molecule has 1 amide bonds. The molecule has 0 fully saturated rings. The summed E-state index contributed by atoms with van der Waals surface area (Å²) in [7, 11) is 0. The Balaban J connectivity index is 1.57. The Bertz CT molecular complexity index is 992. The number of hydrogen-bond acceptors (Lipinski definition) is 4. The smallest absolute Gasteiger partial charge is 0.295 e. The summed E-state index contributed by atoms with van der Waals surface area (Å²) in [5, 5.41) is 18.6. The summed E-state index contributed by atoms with van der Waals surface area (Å²) in [6.07, 6.45) is 5.37. The zero-order chi connectivity index (χ0) is 18.6. The molecular formula is C21H20N4O2. The first-order valence-corrected chi connectivity index (χ1v) is 9.01. The van der Waals surface area contributed by atoms with Gasteiger partial charge in [0, 0.05) is 5.56 Å². The van der Waals surface area contributed by atoms with E-state index in [4.69, 9.17) is 0 Å². The second kappa shape index (κ2) is 7.45. The Morgan fingerprint density at radius 3 is 2.63 bits per heavy atom. The molecule has 1 aliphatic rings. The van der Waals surface area contributed by atoms with Crippen molar-refractivity contribution in [1.29, 1.82) is 0 Å². The van der Waals surface area contributed by atoms with Crippen molar-refractivity contribution in [3.8, 4) is 11.4 Å². The van der Waals surface area contributed by atoms with E-state index in [0.717, 1.165) is 42.6 Å². The highest BCUT2D eigenvalue weighted by atomic mass is 16.3. The molecule has 0 unspecified atom stereocenters. The summed E-state index contributed by atoms with van der Waals surface area (Å²) >= 11 is 0. The molecule has 0 spiro atoms. The van der Waals surface area contributed by atoms with Gasteiger partial charge in [-0.1, -0.05) is 42.5 Å². The fourth-order valence-corrected chi connectivity index (χ4v) is 3.29. The van der Waals surface area contributed by atoms with E-state index in [1.54, 1.807) is 0 Å². The van der Waals surface area contributed by atoms with E-state index in [0.29, 0.717) is 0 Å². The number of carbonyl (C=O) groups is 1. The van der Waals surface area contributed by atoms with Crippen LogP contribution in [0.4, 0.5) is 0 Å². The molecule has 1 aliphatic carbocycles. The molecule has 136 valence electrons. The van der Waals surface area contributed by atoms with Crippen molar-refractivity contribution in [1.82, 2.24) is 15.2 Å². The molecule has 0 aliphatic heterocycles. The first kappa shape index (κ1) is 17.0. The molecule has 3 aromatic rings. The molecule has 0 bridgehead atoms. The van der Waals surface area contributed by atoms with E-state index >= 15 is 0 Å². The van der Waals surface area contributed by atoms with Gasteiger partial charge < -0.3 is 5.11 Å². The molecule has 27 heavy (non-hydrogen) atoms. The summed E-state index contributed by atoms with van der Waals surface area (Å²) in [6.45, 7) is 0. The number of fused-ring (bicyclic) bond motifs is 1. The number of rotatable bonds is 3. The van der Waals surface area contributed by atoms with Crippen molar-refractivity contribution in [3.05, 3.63) is 77.6 Å². The molecule has 0 radical (unpaired) electrons. The van der Waals surface area contributed by atoms with Gasteiger partial charge >= 0.3 is 0 Å². The summed E-state index contributed by atoms with van der Waals surface area (Å²) in [4.78, 5) is 12.5. The summed E-state index contributed by atoms with van der Waals surface area (Å²) in [5.41, 5.74) is 6.45. The Kier molecular flexibility index (Phi) is 4.70. The van der Waals surface area contributed by atoms with Gasteiger partial charge in [-0.3, -0.25) is 4.79 Å². The van der Waals surface area contributed by atoms with Crippen molar-refractivity contribution in [2.24, 2.45) is 5.10 Å². The molecule has 2 N–H and O–H groups in total. The number of carbonyl (C=O) groups excluding carboxylic acids is 1. The van der Waals surface area contributed by atoms with E-state index in [9.17, 15) is 9.90 Å². The monoisotopic (exact) mass is 360 g/mol. The number of aryl methyl sites for hydroxylation is 1. The summed E-state index contributed by atoms with van der Waals surface area (Å²) in [5.74, 6) is -0.714. The van der Waals surface area contributed by atoms with Crippen molar-refractivity contribution in [3.63, 3.8) is 0 Å². The molecule has 0 saturated heterocycles. The van der Waals surface area contributed by atoms with Crippen LogP contribution in [-0.2, 0) is 6.42 Å². The summed E-state index contributed by atoms with van der Waals surface area (Å²) < 4.78 is 1.47. The predicted octanol–water partition coefficient (Wildman–Crippen LogP) is 3.44. The van der Waals surface area contributed by atoms with E-state index in [2.05, 4.69) is 21.7 Å². The number of nitrogens with one attached hydrogen (secondary N) is 1. The maximum Gasteiger partial charge on any atom is 0.295 e. The minimum absolute atomic E-state index is 0.0508. The van der Waals surface area contributed by atoms with Gasteiger partial charge in [0.05, 0.1) is 17.6 Å². The van der Waals surface area contributed by atoms with Crippen LogP contribution in [0.25, 0.3) is 5.69 Å². The second-order valence-electron chi connectivity index (χ2n) is 6.51. The van der Waals surface area contributed by atoms with E-state index in [1.165, 1.54) is 16.4 Å². The van der Waals surface area contributed by atoms with Gasteiger partial charge in [-0.25, -0.2) is 10.1 Å². The van der Waals surface area contributed by atoms with Gasteiger partial charge in [-0.2, -0.15) is 10.2 Å². The molecule has 2 aromatic carbocycles. The average molecular weight is 360 g/mol. The number of hydrogen-bond donors (Lipinski definition) is 2. The number of aromatic hydroxyl groups is 1. The fourth-order valence-electron chi connectivity index (χ4n) is 3.29. The minimum Gasteiger partial charge on any atom is -0.504 e. The lowest BCUT2D eigenvalue weighted by Crippen LogP contribution is -2.21. The van der Waals surface area contributed by atoms with Crippen molar-refractivity contribution in [2.45, 2.75) is 25.7 Å². The number of hydrazone groups is 1. The van der Waals surface area contributed by atoms with Gasteiger partial charge in [0.2, 0.25) is 0 Å². The van der Waals surface area contributed by atoms with Crippen molar-refractivity contribution in [2.75, 3.05) is 0 Å². The first-order chi connectivity index (χ1) is 13.2. The second-order valence-corrected chi connectivity index (χ2v) is 6.51. The Hall–Kier alpha value is -3.41. The highest BCUT2D eigenvalue weighted by Gasteiger charge is 2.18. The van der Waals surface area contributed by atoms with Crippen LogP contribution in [-0.4, -0.2) is 26.5 Å². The van der Waals surface area contributed by atoms with Gasteiger partial charge in [0.1, 0.15) is 0 Å². The zero-order valence-corrected chi connectivity index (χ0v) is 14.8. The highest BCUT2D eigenvalue weighted by molar-refractivity contribution is 6.03. The lowest BCUT2D eigenvalue weighted by atomic mass is 10.0. The van der Waals surface area contributed by atoms with Crippen LogP contribution in [0, 0.1) is 0 Å². The van der Waals surface area contributed by atoms with Crippen LogP contribution >= 0.6 is 0 Å². The molecule has 6 nitrogen and oxygen atoms in total. The predicted molar refractivity (Wildman–Crippen MR) is 103 cm³/mol. The Morgan fingerprint density at radius 1 is 1.04 bits per heavy atom. The third-order valence-electron chi connectivity index (χ3n) is 4.66. The van der Waals surface area contributed by atoms with Gasteiger partial charge in [-0.15, -0.1) is 0 Å². The zero-order valence-electron chi connectivity index (χ0n) is 14.8. The number of para-hydroxylation sites is 1. The van der Waals surface area contributed by atoms with Crippen LogP contribution in [0.5, 0.6) is 5.75 Å². The first-order valence-electron chi connectivity index (χ1n) is 9.01. The van der Waals surface area contributed by atoms with Gasteiger partial charge in [0.15, 0.2) is 11.4 Å². The SMILES string of the molecule is O=C(N/N=C1/CCCCc2ccccc21)c1nn(-c2ccccc2)cc1O. The average Bonchev–Trinajstić information content (AvgIpc) is 2.98. The van der Waals surface area contributed by atoms with E-state index in [1.807, 2.05) is 48.5 Å². The Morgan fingerprint density at radius 2 is 1.78 bits per heavy atom. The van der Waals surface area contributed by atoms with Gasteiger partial charge in [-0.05, 0) is 43.4 Å². The Labute approximate surface area is 157 Å². The van der Waals surface area contributed by atoms with Crippen LogP contribution in [0.2, 0.25) is 0 Å². The summed E-state index contributed by atoms with van der Waals surface area (Å²) in [6, 6.07) is 17.4. The molecule has 0 saturated carbocycles. The maximum absolute atomic E-state index is 12.5. The molecular weight excluding hydrogens is 340 g/mol. The minimum atomic E-state index is -0.531. The van der Waals surface area contributed by atoms with Crippen LogP contribution in [0.15, 0.2) is 65.9 Å². The van der Waals surface area contributed by atoms with Crippen molar-refractivity contribution < 1.29 is 9.90 Å². The molecule has 4 rings (SSSR count). The number of benzene rings is 2. The third kappa shape index (κ3) is 3.60. The molecule has 6 heteroatoms. The maximum atomic E-state index is 12.5. The van der Waals surface area contributed by atoms with Crippen LogP contribution in [0.3, 0.4) is 0 Å². The van der Waals surface area contributed by atoms with E-state index in [-0.39, 0.29) is 11.4 Å². The topological polar surface area (TPSA) is 79.5 Å². The van der Waals surface area contributed by atoms with E-state index < -0.39 is 5.91 Å². The lowest BCUT2D eigenvalue weighted by Gasteiger charge is -2.07. The lowest BCUT2D eigenvalue weighted by molar-refractivity contribution is 0.0947. The largest absolute Gasteiger partial charge is 0.504 e. The van der Waals surface area contributed by atoms with Crippen LogP contribution < -0.4 is 5.43 Å². The van der Waals surface area contributed by atoms with Gasteiger partial charge in [0.25, 0.3) is 5.91 Å². The number of aromatic nitrogens is 2.